The summed E-state index contributed by atoms with van der Waals surface area (Å²) in [6, 6.07) is 6.06. The van der Waals surface area contributed by atoms with Crippen molar-refractivity contribution in [1.29, 1.82) is 0 Å². The normalized spacial score (nSPS) is 16.1. The van der Waals surface area contributed by atoms with Crippen molar-refractivity contribution in [2.45, 2.75) is 31.6 Å². The largest absolute Gasteiger partial charge is 0.497 e. The maximum Gasteiger partial charge on any atom is 0.415 e. The second-order valence-electron chi connectivity index (χ2n) is 4.67. The van der Waals surface area contributed by atoms with Gasteiger partial charge in [0, 0.05) is 0 Å². The smallest absolute Gasteiger partial charge is 0.415 e. The minimum atomic E-state index is -4.81. The van der Waals surface area contributed by atoms with Gasteiger partial charge in [0.1, 0.15) is 5.75 Å². The number of methoxy groups -OCH3 is 1. The average Bonchev–Trinajstić information content (AvgIpc) is 2.37. The van der Waals surface area contributed by atoms with Crippen LogP contribution in [0.5, 0.6) is 5.75 Å². The summed E-state index contributed by atoms with van der Waals surface area (Å²) in [4.78, 5) is 11.7. The molecule has 0 aliphatic heterocycles. The molecule has 0 fully saturated rings. The third kappa shape index (κ3) is 3.41. The molecule has 7 heteroatoms. The molecule has 0 heterocycles. The lowest BCUT2D eigenvalue weighted by atomic mass is 10.0. The van der Waals surface area contributed by atoms with Crippen molar-refractivity contribution < 1.29 is 22.7 Å². The zero-order valence-corrected chi connectivity index (χ0v) is 11.4. The van der Waals surface area contributed by atoms with Crippen LogP contribution in [-0.2, 0) is 4.79 Å². The van der Waals surface area contributed by atoms with E-state index in [4.69, 9.17) is 10.5 Å². The van der Waals surface area contributed by atoms with Crippen molar-refractivity contribution >= 4 is 5.91 Å². The summed E-state index contributed by atoms with van der Waals surface area (Å²) in [5.41, 5.74) is 2.75. The van der Waals surface area contributed by atoms with Gasteiger partial charge in [-0.3, -0.25) is 4.79 Å². The monoisotopic (exact) mass is 290 g/mol. The highest BCUT2D eigenvalue weighted by Crippen LogP contribution is 2.29. The first-order valence-electron chi connectivity index (χ1n) is 5.90. The standard InChI is InChI=1S/C13H17F3N2O2/c1-8(9-5-4-6-10(7-9)20-3)18-11(19)12(2,17)13(14,15)16/h4-8H,17H2,1-3H3,(H,18,19)/t8-,12?/m0/s1. The highest BCUT2D eigenvalue weighted by atomic mass is 19.4. The molecule has 112 valence electrons. The number of hydrogen-bond donors (Lipinski definition) is 2. The predicted octanol–water partition coefficient (Wildman–Crippen LogP) is 2.15. The topological polar surface area (TPSA) is 64.3 Å². The molecule has 0 aliphatic carbocycles. The quantitative estimate of drug-likeness (QED) is 0.893. The molecule has 1 amide bonds. The highest BCUT2D eigenvalue weighted by molar-refractivity contribution is 5.86. The van der Waals surface area contributed by atoms with Crippen molar-refractivity contribution in [3.8, 4) is 5.75 Å². The first-order chi connectivity index (χ1) is 9.09. The van der Waals surface area contributed by atoms with Crippen LogP contribution >= 0.6 is 0 Å². The van der Waals surface area contributed by atoms with Crippen molar-refractivity contribution in [2.24, 2.45) is 5.73 Å². The Bertz CT molecular complexity index is 487. The van der Waals surface area contributed by atoms with E-state index in [9.17, 15) is 18.0 Å². The fraction of sp³-hybridized carbons (Fsp3) is 0.462. The molecule has 3 N–H and O–H groups in total. The molecule has 1 aromatic rings. The minimum Gasteiger partial charge on any atom is -0.497 e. The Balaban J connectivity index is 2.85. The molecule has 1 aromatic carbocycles. The summed E-state index contributed by atoms with van der Waals surface area (Å²) in [6.07, 6.45) is -4.81. The fourth-order valence-corrected chi connectivity index (χ4v) is 1.47. The summed E-state index contributed by atoms with van der Waals surface area (Å²) in [6.45, 7) is 2.21. The van der Waals surface area contributed by atoms with Gasteiger partial charge in [-0.25, -0.2) is 0 Å². The van der Waals surface area contributed by atoms with Gasteiger partial charge >= 0.3 is 6.18 Å². The molecule has 2 atom stereocenters. The Kier molecular flexibility index (Phi) is 4.65. The Morgan fingerprint density at radius 1 is 1.40 bits per heavy atom. The summed E-state index contributed by atoms with van der Waals surface area (Å²) in [5, 5.41) is 2.25. The van der Waals surface area contributed by atoms with Crippen LogP contribution in [0.1, 0.15) is 25.5 Å². The number of carbonyl (C=O) groups is 1. The zero-order valence-electron chi connectivity index (χ0n) is 11.4. The average molecular weight is 290 g/mol. The molecule has 0 aromatic heterocycles. The minimum absolute atomic E-state index is 0.551. The third-order valence-electron chi connectivity index (χ3n) is 3.00. The number of nitrogens with one attached hydrogen (secondary N) is 1. The molecule has 0 bridgehead atoms. The van der Waals surface area contributed by atoms with Crippen LogP contribution in [0.2, 0.25) is 0 Å². The molecule has 4 nitrogen and oxygen atoms in total. The summed E-state index contributed by atoms with van der Waals surface area (Å²) in [7, 11) is 1.48. The third-order valence-corrected chi connectivity index (χ3v) is 3.00. The van der Waals surface area contributed by atoms with Gasteiger partial charge in [0.15, 0.2) is 5.54 Å². The van der Waals surface area contributed by atoms with Gasteiger partial charge < -0.3 is 15.8 Å². The van der Waals surface area contributed by atoms with E-state index in [2.05, 4.69) is 5.32 Å². The van der Waals surface area contributed by atoms with Gasteiger partial charge in [-0.15, -0.1) is 0 Å². The Morgan fingerprint density at radius 3 is 2.50 bits per heavy atom. The SMILES string of the molecule is COc1cccc([C@H](C)NC(=O)C(C)(N)C(F)(F)F)c1. The van der Waals surface area contributed by atoms with E-state index in [0.717, 1.165) is 0 Å². The van der Waals surface area contributed by atoms with Crippen LogP contribution in [0, 0.1) is 0 Å². The lowest BCUT2D eigenvalue weighted by Gasteiger charge is -2.28. The maximum absolute atomic E-state index is 12.6. The molecular weight excluding hydrogens is 273 g/mol. The van der Waals surface area contributed by atoms with Crippen molar-refractivity contribution in [1.82, 2.24) is 5.32 Å². The molecular formula is C13H17F3N2O2. The van der Waals surface area contributed by atoms with E-state index >= 15 is 0 Å². The second kappa shape index (κ2) is 5.70. The number of nitrogens with two attached hydrogens (primary N) is 1. The number of hydrogen-bond acceptors (Lipinski definition) is 3. The molecule has 0 aliphatic rings. The highest BCUT2D eigenvalue weighted by Gasteiger charge is 2.54. The maximum atomic E-state index is 12.6. The van der Waals surface area contributed by atoms with E-state index in [0.29, 0.717) is 18.2 Å². The van der Waals surface area contributed by atoms with E-state index in [1.54, 1.807) is 31.2 Å². The molecule has 0 spiro atoms. The number of ether oxygens (including phenoxy) is 1. The van der Waals surface area contributed by atoms with Crippen LogP contribution in [0.15, 0.2) is 24.3 Å². The van der Waals surface area contributed by atoms with Crippen molar-refractivity contribution in [2.75, 3.05) is 7.11 Å². The van der Waals surface area contributed by atoms with E-state index < -0.39 is 23.7 Å². The lowest BCUT2D eigenvalue weighted by molar-refractivity contribution is -0.187. The number of halogens is 3. The number of benzene rings is 1. The van der Waals surface area contributed by atoms with E-state index in [-0.39, 0.29) is 0 Å². The van der Waals surface area contributed by atoms with Gasteiger partial charge in [0.2, 0.25) is 5.91 Å². The van der Waals surface area contributed by atoms with E-state index in [1.165, 1.54) is 7.11 Å². The van der Waals surface area contributed by atoms with Crippen molar-refractivity contribution in [3.05, 3.63) is 29.8 Å². The summed E-state index contributed by atoms with van der Waals surface area (Å²) in [5.74, 6) is -0.727. The molecule has 1 unspecified atom stereocenters. The van der Waals surface area contributed by atoms with Gasteiger partial charge in [-0.1, -0.05) is 12.1 Å². The Hall–Kier alpha value is -1.76. The molecule has 0 saturated carbocycles. The summed E-state index contributed by atoms with van der Waals surface area (Å²) < 4.78 is 43.0. The summed E-state index contributed by atoms with van der Waals surface area (Å²) >= 11 is 0. The number of carbonyl (C=O) groups excluding carboxylic acids is 1. The number of rotatable bonds is 4. The predicted molar refractivity (Wildman–Crippen MR) is 68.2 cm³/mol. The number of amides is 1. The second-order valence-corrected chi connectivity index (χ2v) is 4.67. The van der Waals surface area contributed by atoms with Crippen LogP contribution < -0.4 is 15.8 Å². The Labute approximate surface area is 115 Å². The number of alkyl halides is 3. The van der Waals surface area contributed by atoms with Crippen molar-refractivity contribution in [3.63, 3.8) is 0 Å². The van der Waals surface area contributed by atoms with Gasteiger partial charge in [-0.2, -0.15) is 13.2 Å². The van der Waals surface area contributed by atoms with Crippen LogP contribution in [0.3, 0.4) is 0 Å². The molecule has 0 radical (unpaired) electrons. The van der Waals surface area contributed by atoms with E-state index in [1.807, 2.05) is 0 Å². The first-order valence-corrected chi connectivity index (χ1v) is 5.90. The first kappa shape index (κ1) is 16.3. The van der Waals surface area contributed by atoms with Gasteiger partial charge in [-0.05, 0) is 31.5 Å². The Morgan fingerprint density at radius 2 is 2.00 bits per heavy atom. The molecule has 0 saturated heterocycles. The fourth-order valence-electron chi connectivity index (χ4n) is 1.47. The van der Waals surface area contributed by atoms with Gasteiger partial charge in [0.05, 0.1) is 13.2 Å². The van der Waals surface area contributed by atoms with Gasteiger partial charge in [0.25, 0.3) is 0 Å². The molecule has 1 rings (SSSR count). The zero-order chi connectivity index (χ0) is 15.6. The lowest BCUT2D eigenvalue weighted by Crippen LogP contribution is -2.61. The molecule has 20 heavy (non-hydrogen) atoms. The van der Waals surface area contributed by atoms with Crippen LogP contribution in [-0.4, -0.2) is 24.7 Å². The van der Waals surface area contributed by atoms with Crippen LogP contribution in [0.25, 0.3) is 0 Å². The van der Waals surface area contributed by atoms with Crippen LogP contribution in [0.4, 0.5) is 13.2 Å².